The van der Waals surface area contributed by atoms with E-state index in [1.165, 1.54) is 6.92 Å². The Balaban J connectivity index is 2.55. The number of carbonyl (C=O) groups is 1. The summed E-state index contributed by atoms with van der Waals surface area (Å²) in [5.74, 6) is -1.02. The first kappa shape index (κ1) is 15.6. The number of nitrogens with two attached hydrogens (primary N) is 1. The van der Waals surface area contributed by atoms with Crippen LogP contribution in [-0.2, 0) is 25.9 Å². The van der Waals surface area contributed by atoms with Crippen LogP contribution >= 0.6 is 0 Å². The minimum Gasteiger partial charge on any atom is -0.391 e. The van der Waals surface area contributed by atoms with Crippen molar-refractivity contribution in [2.45, 2.75) is 25.7 Å². The van der Waals surface area contributed by atoms with Crippen LogP contribution in [0.5, 0.6) is 0 Å². The van der Waals surface area contributed by atoms with Crippen LogP contribution in [0.3, 0.4) is 0 Å². The molecule has 0 radical (unpaired) electrons. The van der Waals surface area contributed by atoms with E-state index in [2.05, 4.69) is 4.18 Å². The van der Waals surface area contributed by atoms with Crippen molar-refractivity contribution in [3.05, 3.63) is 35.9 Å². The Labute approximate surface area is 111 Å². The lowest BCUT2D eigenvalue weighted by atomic mass is 10.2. The number of carbonyl (C=O) groups excluding carboxylic acids is 1. The van der Waals surface area contributed by atoms with Gasteiger partial charge < -0.3 is 10.8 Å². The predicted octanol–water partition coefficient (Wildman–Crippen LogP) is -0.728. The maximum Gasteiger partial charge on any atom is 0.362 e. The Morgan fingerprint density at radius 3 is 2.53 bits per heavy atom. The molecule has 1 rings (SSSR count). The van der Waals surface area contributed by atoms with Gasteiger partial charge in [-0.05, 0) is 12.5 Å². The lowest BCUT2D eigenvalue weighted by molar-refractivity contribution is -0.122. The standard InChI is InChI=1S/C11H16N2O5S/c1-8(14)10(12)11(15)13-19(16,17)18-7-9-5-3-2-4-6-9/h2-6,8,10,14H,7,12H2,1H3,(H,13,15)/t8-,10+/m1/s1. The molecular weight excluding hydrogens is 272 g/mol. The van der Waals surface area contributed by atoms with Crippen LogP contribution in [0.15, 0.2) is 30.3 Å². The van der Waals surface area contributed by atoms with E-state index in [0.29, 0.717) is 5.56 Å². The number of hydrogen-bond acceptors (Lipinski definition) is 6. The summed E-state index contributed by atoms with van der Waals surface area (Å²) in [6.45, 7) is 1.08. The van der Waals surface area contributed by atoms with Crippen LogP contribution < -0.4 is 10.5 Å². The Bertz CT molecular complexity index is 515. The molecule has 0 saturated heterocycles. The topological polar surface area (TPSA) is 119 Å². The monoisotopic (exact) mass is 288 g/mol. The number of amides is 1. The molecule has 19 heavy (non-hydrogen) atoms. The van der Waals surface area contributed by atoms with E-state index in [1.54, 1.807) is 35.1 Å². The van der Waals surface area contributed by atoms with Crippen LogP contribution in [0, 0.1) is 0 Å². The molecule has 0 aliphatic rings. The van der Waals surface area contributed by atoms with Gasteiger partial charge >= 0.3 is 10.3 Å². The molecule has 0 fully saturated rings. The molecule has 8 heteroatoms. The highest BCUT2D eigenvalue weighted by Gasteiger charge is 2.24. The summed E-state index contributed by atoms with van der Waals surface area (Å²) in [5.41, 5.74) is 5.93. The molecule has 0 bridgehead atoms. The second-order valence-electron chi connectivity index (χ2n) is 3.93. The molecule has 0 saturated carbocycles. The van der Waals surface area contributed by atoms with Gasteiger partial charge in [-0.2, -0.15) is 8.42 Å². The second kappa shape index (κ2) is 6.62. The van der Waals surface area contributed by atoms with Crippen molar-refractivity contribution in [2.24, 2.45) is 5.73 Å². The lowest BCUT2D eigenvalue weighted by Crippen LogP contribution is -2.49. The maximum absolute atomic E-state index is 11.4. The van der Waals surface area contributed by atoms with Gasteiger partial charge in [-0.1, -0.05) is 30.3 Å². The molecule has 1 aromatic rings. The normalized spacial score (nSPS) is 14.7. The van der Waals surface area contributed by atoms with E-state index in [1.807, 2.05) is 0 Å². The highest BCUT2D eigenvalue weighted by Crippen LogP contribution is 2.03. The quantitative estimate of drug-likeness (QED) is 0.635. The molecule has 0 heterocycles. The number of benzene rings is 1. The van der Waals surface area contributed by atoms with E-state index in [-0.39, 0.29) is 6.61 Å². The van der Waals surface area contributed by atoms with E-state index in [9.17, 15) is 13.2 Å². The maximum atomic E-state index is 11.4. The van der Waals surface area contributed by atoms with Crippen LogP contribution in [0.4, 0.5) is 0 Å². The smallest absolute Gasteiger partial charge is 0.362 e. The van der Waals surface area contributed by atoms with Crippen molar-refractivity contribution in [1.82, 2.24) is 4.72 Å². The minimum atomic E-state index is -4.25. The fraction of sp³-hybridized carbons (Fsp3) is 0.364. The van der Waals surface area contributed by atoms with Crippen molar-refractivity contribution in [3.8, 4) is 0 Å². The summed E-state index contributed by atoms with van der Waals surface area (Å²) in [4.78, 5) is 11.4. The lowest BCUT2D eigenvalue weighted by Gasteiger charge is -2.14. The molecule has 0 aliphatic heterocycles. The van der Waals surface area contributed by atoms with Gasteiger partial charge in [0, 0.05) is 0 Å². The molecule has 0 aliphatic carbocycles. The zero-order valence-corrected chi connectivity index (χ0v) is 11.1. The van der Waals surface area contributed by atoms with Crippen molar-refractivity contribution in [3.63, 3.8) is 0 Å². The first-order chi connectivity index (χ1) is 8.82. The molecule has 1 aromatic carbocycles. The molecule has 4 N–H and O–H groups in total. The first-order valence-corrected chi connectivity index (χ1v) is 6.91. The molecule has 7 nitrogen and oxygen atoms in total. The van der Waals surface area contributed by atoms with E-state index in [0.717, 1.165) is 0 Å². The van der Waals surface area contributed by atoms with E-state index in [4.69, 9.17) is 10.8 Å². The summed E-state index contributed by atoms with van der Waals surface area (Å²) < 4.78 is 29.2. The summed E-state index contributed by atoms with van der Waals surface area (Å²) in [7, 11) is -4.25. The van der Waals surface area contributed by atoms with Gasteiger partial charge in [-0.25, -0.2) is 8.91 Å². The van der Waals surface area contributed by atoms with E-state index < -0.39 is 28.4 Å². The molecule has 0 aromatic heterocycles. The van der Waals surface area contributed by atoms with E-state index >= 15 is 0 Å². The van der Waals surface area contributed by atoms with Gasteiger partial charge in [0.1, 0.15) is 6.04 Å². The molecule has 0 spiro atoms. The Hall–Kier alpha value is -1.48. The second-order valence-corrected chi connectivity index (χ2v) is 5.28. The van der Waals surface area contributed by atoms with Crippen LogP contribution in [0.1, 0.15) is 12.5 Å². The summed E-state index contributed by atoms with van der Waals surface area (Å²) >= 11 is 0. The van der Waals surface area contributed by atoms with Gasteiger partial charge in [-0.3, -0.25) is 4.79 Å². The van der Waals surface area contributed by atoms with Crippen molar-refractivity contribution in [1.29, 1.82) is 0 Å². The molecule has 0 unspecified atom stereocenters. The average molecular weight is 288 g/mol. The predicted molar refractivity (Wildman–Crippen MR) is 67.9 cm³/mol. The molecule has 106 valence electrons. The molecule has 1 amide bonds. The number of nitrogens with one attached hydrogen (secondary N) is 1. The Morgan fingerprint density at radius 2 is 2.00 bits per heavy atom. The first-order valence-electron chi connectivity index (χ1n) is 5.50. The third-order valence-corrected chi connectivity index (χ3v) is 3.15. The number of aliphatic hydroxyl groups excluding tert-OH is 1. The highest BCUT2D eigenvalue weighted by atomic mass is 32.2. The van der Waals surface area contributed by atoms with Gasteiger partial charge in [-0.15, -0.1) is 0 Å². The third-order valence-electron chi connectivity index (χ3n) is 2.27. The number of rotatable bonds is 6. The largest absolute Gasteiger partial charge is 0.391 e. The number of aliphatic hydroxyl groups is 1. The van der Waals surface area contributed by atoms with Crippen LogP contribution in [-0.4, -0.2) is 31.6 Å². The fourth-order valence-corrected chi connectivity index (χ4v) is 1.89. The zero-order valence-electron chi connectivity index (χ0n) is 10.3. The summed E-state index contributed by atoms with van der Waals surface area (Å²) in [5, 5.41) is 9.07. The van der Waals surface area contributed by atoms with Gasteiger partial charge in [0.25, 0.3) is 5.91 Å². The van der Waals surface area contributed by atoms with Crippen molar-refractivity contribution in [2.75, 3.05) is 0 Å². The van der Waals surface area contributed by atoms with Crippen LogP contribution in [0.2, 0.25) is 0 Å². The SMILES string of the molecule is C[C@@H](O)[C@H](N)C(=O)NS(=O)(=O)OCc1ccccc1. The third kappa shape index (κ3) is 5.35. The summed E-state index contributed by atoms with van der Waals surface area (Å²) in [6, 6.07) is 7.26. The Kier molecular flexibility index (Phi) is 5.43. The Morgan fingerprint density at radius 1 is 1.42 bits per heavy atom. The summed E-state index contributed by atoms with van der Waals surface area (Å²) in [6.07, 6.45) is -1.16. The van der Waals surface area contributed by atoms with Gasteiger partial charge in [0.05, 0.1) is 12.7 Å². The van der Waals surface area contributed by atoms with Gasteiger partial charge in [0.2, 0.25) is 0 Å². The zero-order chi connectivity index (χ0) is 14.5. The fourth-order valence-electron chi connectivity index (χ4n) is 1.16. The van der Waals surface area contributed by atoms with Crippen LogP contribution in [0.25, 0.3) is 0 Å². The van der Waals surface area contributed by atoms with Gasteiger partial charge in [0.15, 0.2) is 0 Å². The van der Waals surface area contributed by atoms with Crippen molar-refractivity contribution >= 4 is 16.2 Å². The molecule has 2 atom stereocenters. The average Bonchev–Trinajstić information content (AvgIpc) is 2.36. The van der Waals surface area contributed by atoms with Crippen molar-refractivity contribution < 1.29 is 22.5 Å². The molecular formula is C11H16N2O5S. The minimum absolute atomic E-state index is 0.201. The number of hydrogen-bond donors (Lipinski definition) is 3. The highest BCUT2D eigenvalue weighted by molar-refractivity contribution is 7.85.